The Bertz CT molecular complexity index is 644. The minimum atomic E-state index is -0.372. The first-order valence-corrected chi connectivity index (χ1v) is 9.05. The molecule has 0 saturated carbocycles. The second-order valence-corrected chi connectivity index (χ2v) is 7.15. The highest BCUT2D eigenvalue weighted by Gasteiger charge is 2.44. The van der Waals surface area contributed by atoms with Crippen molar-refractivity contribution in [1.82, 2.24) is 4.90 Å². The van der Waals surface area contributed by atoms with Crippen LogP contribution in [0, 0.1) is 5.92 Å². The molecule has 2 aromatic carbocycles. The van der Waals surface area contributed by atoms with Crippen molar-refractivity contribution >= 4 is 0 Å². The van der Waals surface area contributed by atoms with E-state index < -0.39 is 0 Å². The number of nitrogens with zero attached hydrogens (tertiary/aromatic N) is 1. The predicted octanol–water partition coefficient (Wildman–Crippen LogP) is 4.26. The van der Waals surface area contributed by atoms with Gasteiger partial charge in [-0.15, -0.1) is 0 Å². The van der Waals surface area contributed by atoms with E-state index >= 15 is 0 Å². The van der Waals surface area contributed by atoms with Crippen molar-refractivity contribution in [3.05, 3.63) is 70.8 Å². The molecular formula is C22H29NO. The summed E-state index contributed by atoms with van der Waals surface area (Å²) in [6, 6.07) is 17.7. The molecule has 0 saturated heterocycles. The molecule has 0 bridgehead atoms. The monoisotopic (exact) mass is 323 g/mol. The molecule has 0 radical (unpaired) electrons. The van der Waals surface area contributed by atoms with Gasteiger partial charge < -0.3 is 9.64 Å². The maximum atomic E-state index is 6.64. The Morgan fingerprint density at radius 3 is 1.92 bits per heavy atom. The van der Waals surface area contributed by atoms with Gasteiger partial charge in [0.2, 0.25) is 0 Å². The molecule has 3 rings (SSSR count). The second kappa shape index (κ2) is 7.08. The van der Waals surface area contributed by atoms with Crippen LogP contribution in [0.2, 0.25) is 0 Å². The lowest BCUT2D eigenvalue weighted by Crippen LogP contribution is -2.43. The van der Waals surface area contributed by atoms with Crippen LogP contribution in [0.3, 0.4) is 0 Å². The van der Waals surface area contributed by atoms with E-state index in [0.29, 0.717) is 12.5 Å². The lowest BCUT2D eigenvalue weighted by Gasteiger charge is -2.42. The first-order chi connectivity index (χ1) is 11.6. The molecule has 2 aromatic rings. The van der Waals surface area contributed by atoms with Gasteiger partial charge in [0, 0.05) is 19.1 Å². The molecular weight excluding hydrogens is 294 g/mol. The van der Waals surface area contributed by atoms with Crippen LogP contribution >= 0.6 is 0 Å². The van der Waals surface area contributed by atoms with Gasteiger partial charge >= 0.3 is 0 Å². The largest absolute Gasteiger partial charge is 0.365 e. The van der Waals surface area contributed by atoms with Crippen molar-refractivity contribution in [2.75, 3.05) is 27.2 Å². The van der Waals surface area contributed by atoms with Gasteiger partial charge in [0.05, 0.1) is 0 Å². The number of rotatable bonds is 5. The Hall–Kier alpha value is -1.64. The van der Waals surface area contributed by atoms with E-state index in [4.69, 9.17) is 4.74 Å². The number of hydrogen-bond donors (Lipinski definition) is 0. The number of ether oxygens (including phenoxy) is 1. The molecule has 0 fully saturated rings. The molecule has 1 unspecified atom stereocenters. The van der Waals surface area contributed by atoms with E-state index in [-0.39, 0.29) is 5.60 Å². The lowest BCUT2D eigenvalue weighted by molar-refractivity contribution is -0.0572. The third kappa shape index (κ3) is 2.89. The van der Waals surface area contributed by atoms with Gasteiger partial charge in [0.1, 0.15) is 5.60 Å². The summed E-state index contributed by atoms with van der Waals surface area (Å²) in [7, 11) is 4.29. The smallest absolute Gasteiger partial charge is 0.122 e. The first-order valence-electron chi connectivity index (χ1n) is 9.05. The second-order valence-electron chi connectivity index (χ2n) is 7.15. The summed E-state index contributed by atoms with van der Waals surface area (Å²) < 4.78 is 6.64. The van der Waals surface area contributed by atoms with Gasteiger partial charge in [-0.3, -0.25) is 0 Å². The van der Waals surface area contributed by atoms with Gasteiger partial charge in [-0.1, -0.05) is 55.5 Å². The highest BCUT2D eigenvalue weighted by molar-refractivity contribution is 5.48. The summed E-state index contributed by atoms with van der Waals surface area (Å²) in [6.45, 7) is 6.14. The molecule has 2 heteroatoms. The Balaban J connectivity index is 2.27. The molecule has 1 atom stereocenters. The van der Waals surface area contributed by atoms with Crippen molar-refractivity contribution < 1.29 is 4.74 Å². The van der Waals surface area contributed by atoms with E-state index in [0.717, 1.165) is 19.4 Å². The summed E-state index contributed by atoms with van der Waals surface area (Å²) in [5, 5.41) is 0. The van der Waals surface area contributed by atoms with Crippen molar-refractivity contribution in [2.24, 2.45) is 5.92 Å². The number of hydrogen-bond acceptors (Lipinski definition) is 2. The number of aryl methyl sites for hydroxylation is 2. The standard InChI is InChI=1S/C22H29NO/c1-5-24-22(17(2)16-23(3)4)20-12-8-6-10-18(20)14-15-19-11-7-9-13-21(19)22/h6-13,17H,5,14-16H2,1-4H3. The van der Waals surface area contributed by atoms with Gasteiger partial charge in [-0.05, 0) is 56.1 Å². The van der Waals surface area contributed by atoms with Crippen LogP contribution in [0.25, 0.3) is 0 Å². The van der Waals surface area contributed by atoms with Crippen molar-refractivity contribution in [3.63, 3.8) is 0 Å². The van der Waals surface area contributed by atoms with E-state index in [9.17, 15) is 0 Å². The molecule has 2 nitrogen and oxygen atoms in total. The maximum absolute atomic E-state index is 6.64. The average Bonchev–Trinajstić information content (AvgIpc) is 2.71. The topological polar surface area (TPSA) is 12.5 Å². The zero-order valence-corrected chi connectivity index (χ0v) is 15.4. The zero-order chi connectivity index (χ0) is 17.2. The Labute approximate surface area is 146 Å². The Morgan fingerprint density at radius 2 is 1.46 bits per heavy atom. The fraction of sp³-hybridized carbons (Fsp3) is 0.455. The molecule has 0 aliphatic heterocycles. The highest BCUT2D eigenvalue weighted by Crippen LogP contribution is 2.46. The quantitative estimate of drug-likeness (QED) is 0.815. The fourth-order valence-corrected chi connectivity index (χ4v) is 4.35. The molecule has 1 aliphatic carbocycles. The Kier molecular flexibility index (Phi) is 5.07. The molecule has 24 heavy (non-hydrogen) atoms. The molecule has 1 aliphatic rings. The molecule has 128 valence electrons. The van der Waals surface area contributed by atoms with Crippen LogP contribution in [0.4, 0.5) is 0 Å². The number of benzene rings is 2. The van der Waals surface area contributed by atoms with Crippen LogP contribution in [0.5, 0.6) is 0 Å². The predicted molar refractivity (Wildman–Crippen MR) is 100 cm³/mol. The van der Waals surface area contributed by atoms with E-state index in [2.05, 4.69) is 81.4 Å². The van der Waals surface area contributed by atoms with Crippen molar-refractivity contribution in [1.29, 1.82) is 0 Å². The van der Waals surface area contributed by atoms with E-state index in [1.807, 2.05) is 0 Å². The average molecular weight is 323 g/mol. The lowest BCUT2D eigenvalue weighted by atomic mass is 9.74. The van der Waals surface area contributed by atoms with Gasteiger partial charge in [0.25, 0.3) is 0 Å². The van der Waals surface area contributed by atoms with Crippen LogP contribution in [0.1, 0.15) is 36.1 Å². The van der Waals surface area contributed by atoms with Crippen LogP contribution in [0.15, 0.2) is 48.5 Å². The summed E-state index contributed by atoms with van der Waals surface area (Å²) in [5.74, 6) is 0.354. The van der Waals surface area contributed by atoms with E-state index in [1.165, 1.54) is 22.3 Å². The third-order valence-corrected chi connectivity index (χ3v) is 5.20. The van der Waals surface area contributed by atoms with Gasteiger partial charge in [0.15, 0.2) is 0 Å². The van der Waals surface area contributed by atoms with Crippen molar-refractivity contribution in [3.8, 4) is 0 Å². The van der Waals surface area contributed by atoms with Crippen molar-refractivity contribution in [2.45, 2.75) is 32.3 Å². The summed E-state index contributed by atoms with van der Waals surface area (Å²) in [6.07, 6.45) is 2.16. The van der Waals surface area contributed by atoms with E-state index in [1.54, 1.807) is 0 Å². The summed E-state index contributed by atoms with van der Waals surface area (Å²) in [4.78, 5) is 2.27. The summed E-state index contributed by atoms with van der Waals surface area (Å²) in [5.41, 5.74) is 5.18. The molecule has 0 N–H and O–H groups in total. The SMILES string of the molecule is CCOC1(C(C)CN(C)C)c2ccccc2CCc2ccccc21. The first kappa shape index (κ1) is 17.2. The maximum Gasteiger partial charge on any atom is 0.122 e. The Morgan fingerprint density at radius 1 is 0.958 bits per heavy atom. The minimum absolute atomic E-state index is 0.354. The van der Waals surface area contributed by atoms with Crippen LogP contribution in [-0.2, 0) is 23.2 Å². The van der Waals surface area contributed by atoms with Gasteiger partial charge in [-0.25, -0.2) is 0 Å². The fourth-order valence-electron chi connectivity index (χ4n) is 4.35. The van der Waals surface area contributed by atoms with Crippen LogP contribution < -0.4 is 0 Å². The third-order valence-electron chi connectivity index (χ3n) is 5.20. The molecule has 0 amide bonds. The highest BCUT2D eigenvalue weighted by atomic mass is 16.5. The molecule has 0 spiro atoms. The molecule has 0 aromatic heterocycles. The van der Waals surface area contributed by atoms with Crippen LogP contribution in [-0.4, -0.2) is 32.1 Å². The normalized spacial score (nSPS) is 17.0. The number of fused-ring (bicyclic) bond motifs is 2. The summed E-state index contributed by atoms with van der Waals surface area (Å²) >= 11 is 0. The minimum Gasteiger partial charge on any atom is -0.365 e. The molecule has 0 heterocycles. The van der Waals surface area contributed by atoms with Gasteiger partial charge in [-0.2, -0.15) is 0 Å². The zero-order valence-electron chi connectivity index (χ0n) is 15.4.